The normalized spacial score (nSPS) is 19.0. The van der Waals surface area contributed by atoms with E-state index in [2.05, 4.69) is 0 Å². The zero-order valence-corrected chi connectivity index (χ0v) is 12.5. The van der Waals surface area contributed by atoms with Gasteiger partial charge in [-0.2, -0.15) is 5.06 Å². The molecule has 22 heavy (non-hydrogen) atoms. The molecule has 1 aliphatic heterocycles. The van der Waals surface area contributed by atoms with Gasteiger partial charge in [0.1, 0.15) is 18.8 Å². The molecule has 2 aromatic rings. The van der Waals surface area contributed by atoms with Gasteiger partial charge in [0, 0.05) is 0 Å². The number of nitrogens with zero attached hydrogens (tertiary/aromatic N) is 1. The third kappa shape index (κ3) is 3.28. The Morgan fingerprint density at radius 1 is 1.14 bits per heavy atom. The Bertz CT molecular complexity index is 615. The second kappa shape index (κ2) is 6.62. The first-order valence-electron chi connectivity index (χ1n) is 7.45. The molecule has 0 aromatic heterocycles. The predicted octanol–water partition coefficient (Wildman–Crippen LogP) is 3.74. The quantitative estimate of drug-likeness (QED) is 0.844. The molecule has 2 aromatic carbocycles. The molecule has 0 bridgehead atoms. The second-order valence-corrected chi connectivity index (χ2v) is 5.40. The fourth-order valence-corrected chi connectivity index (χ4v) is 2.56. The van der Waals surface area contributed by atoms with E-state index in [4.69, 9.17) is 9.57 Å². The lowest BCUT2D eigenvalue weighted by atomic mass is 10.1. The molecule has 4 heteroatoms. The van der Waals surface area contributed by atoms with Crippen LogP contribution in [0.5, 0.6) is 0 Å². The summed E-state index contributed by atoms with van der Waals surface area (Å²) in [6.45, 7) is 2.29. The van der Waals surface area contributed by atoms with Gasteiger partial charge >= 0.3 is 6.09 Å². The fraction of sp³-hybridized carbons (Fsp3) is 0.278. The van der Waals surface area contributed by atoms with Gasteiger partial charge in [-0.15, -0.1) is 0 Å². The van der Waals surface area contributed by atoms with Crippen LogP contribution in [0.1, 0.15) is 24.2 Å². The summed E-state index contributed by atoms with van der Waals surface area (Å²) in [5.74, 6) is 0. The standard InChI is InChI=1S/C18H19NO3/c1-14(16-10-6-3-7-11-16)22-19-17(13-21-18(19)20)12-15-8-4-2-5-9-15/h2-11,14,17H,12-13H2,1H3. The minimum Gasteiger partial charge on any atom is -0.446 e. The number of rotatable bonds is 5. The maximum Gasteiger partial charge on any atom is 0.434 e. The molecule has 0 radical (unpaired) electrons. The lowest BCUT2D eigenvalue weighted by molar-refractivity contribution is -0.168. The van der Waals surface area contributed by atoms with E-state index in [-0.39, 0.29) is 12.1 Å². The highest BCUT2D eigenvalue weighted by molar-refractivity contribution is 5.68. The highest BCUT2D eigenvalue weighted by atomic mass is 16.7. The van der Waals surface area contributed by atoms with Crippen LogP contribution in [0.15, 0.2) is 60.7 Å². The van der Waals surface area contributed by atoms with Gasteiger partial charge in [0.2, 0.25) is 0 Å². The lowest BCUT2D eigenvalue weighted by Crippen LogP contribution is -2.36. The number of carbonyl (C=O) groups is 1. The van der Waals surface area contributed by atoms with Crippen LogP contribution < -0.4 is 0 Å². The largest absolute Gasteiger partial charge is 0.446 e. The van der Waals surface area contributed by atoms with Crippen LogP contribution in [0.2, 0.25) is 0 Å². The van der Waals surface area contributed by atoms with Crippen molar-refractivity contribution in [3.63, 3.8) is 0 Å². The summed E-state index contributed by atoms with van der Waals surface area (Å²) in [6, 6.07) is 19.8. The molecule has 2 unspecified atom stereocenters. The summed E-state index contributed by atoms with van der Waals surface area (Å²) in [5, 5.41) is 1.38. The van der Waals surface area contributed by atoms with E-state index < -0.39 is 6.09 Å². The van der Waals surface area contributed by atoms with Crippen molar-refractivity contribution in [3.8, 4) is 0 Å². The average Bonchev–Trinajstić information content (AvgIpc) is 2.90. The Labute approximate surface area is 130 Å². The van der Waals surface area contributed by atoms with Crippen molar-refractivity contribution >= 4 is 6.09 Å². The van der Waals surface area contributed by atoms with E-state index in [0.717, 1.165) is 11.1 Å². The molecular weight excluding hydrogens is 278 g/mol. The fourth-order valence-electron chi connectivity index (χ4n) is 2.56. The van der Waals surface area contributed by atoms with Crippen LogP contribution >= 0.6 is 0 Å². The predicted molar refractivity (Wildman–Crippen MR) is 83.1 cm³/mol. The molecule has 0 N–H and O–H groups in total. The maximum absolute atomic E-state index is 11.9. The Morgan fingerprint density at radius 3 is 2.45 bits per heavy atom. The Balaban J connectivity index is 1.69. The van der Waals surface area contributed by atoms with Gasteiger partial charge in [-0.3, -0.25) is 4.84 Å². The van der Waals surface area contributed by atoms with Crippen LogP contribution in [-0.2, 0) is 16.0 Å². The highest BCUT2D eigenvalue weighted by Gasteiger charge is 2.35. The van der Waals surface area contributed by atoms with Crippen molar-refractivity contribution in [1.82, 2.24) is 5.06 Å². The van der Waals surface area contributed by atoms with Crippen LogP contribution in [0.25, 0.3) is 0 Å². The molecule has 114 valence electrons. The third-order valence-electron chi connectivity index (χ3n) is 3.77. The average molecular weight is 297 g/mol. The molecule has 4 nitrogen and oxygen atoms in total. The number of carbonyl (C=O) groups excluding carboxylic acids is 1. The van der Waals surface area contributed by atoms with Gasteiger partial charge in [-0.25, -0.2) is 4.79 Å². The topological polar surface area (TPSA) is 38.8 Å². The Kier molecular flexibility index (Phi) is 4.39. The number of benzene rings is 2. The highest BCUT2D eigenvalue weighted by Crippen LogP contribution is 2.24. The Hall–Kier alpha value is -2.33. The molecular formula is C18H19NO3. The summed E-state index contributed by atoms with van der Waals surface area (Å²) >= 11 is 0. The van der Waals surface area contributed by atoms with Crippen LogP contribution in [0, 0.1) is 0 Å². The summed E-state index contributed by atoms with van der Waals surface area (Å²) in [5.41, 5.74) is 2.19. The monoisotopic (exact) mass is 297 g/mol. The van der Waals surface area contributed by atoms with Crippen LogP contribution in [0.3, 0.4) is 0 Å². The first kappa shape index (κ1) is 14.6. The van der Waals surface area contributed by atoms with Gasteiger partial charge in [0.05, 0.1) is 0 Å². The van der Waals surface area contributed by atoms with Gasteiger partial charge < -0.3 is 4.74 Å². The molecule has 1 aliphatic rings. The van der Waals surface area contributed by atoms with E-state index >= 15 is 0 Å². The number of ether oxygens (including phenoxy) is 1. The van der Waals surface area contributed by atoms with Crippen molar-refractivity contribution < 1.29 is 14.4 Å². The van der Waals surface area contributed by atoms with E-state index in [1.54, 1.807) is 0 Å². The molecule has 2 atom stereocenters. The van der Waals surface area contributed by atoms with Crippen molar-refractivity contribution in [3.05, 3.63) is 71.8 Å². The summed E-state index contributed by atoms with van der Waals surface area (Å²) < 4.78 is 5.15. The molecule has 1 saturated heterocycles. The van der Waals surface area contributed by atoms with Crippen LogP contribution in [-0.4, -0.2) is 23.8 Å². The summed E-state index contributed by atoms with van der Waals surface area (Å²) in [6.07, 6.45) is 0.0995. The molecule has 1 heterocycles. The van der Waals surface area contributed by atoms with E-state index in [0.29, 0.717) is 13.0 Å². The zero-order valence-electron chi connectivity index (χ0n) is 12.5. The van der Waals surface area contributed by atoms with Gasteiger partial charge in [0.15, 0.2) is 0 Å². The first-order chi connectivity index (χ1) is 10.7. The summed E-state index contributed by atoms with van der Waals surface area (Å²) in [7, 11) is 0. The minimum absolute atomic E-state index is 0.0962. The van der Waals surface area contributed by atoms with Gasteiger partial charge in [-0.1, -0.05) is 60.7 Å². The summed E-state index contributed by atoms with van der Waals surface area (Å²) in [4.78, 5) is 17.8. The van der Waals surface area contributed by atoms with E-state index in [1.165, 1.54) is 5.06 Å². The molecule has 1 fully saturated rings. The Morgan fingerprint density at radius 2 is 1.77 bits per heavy atom. The molecule has 3 rings (SSSR count). The maximum atomic E-state index is 11.9. The molecule has 0 spiro atoms. The number of cyclic esters (lactones) is 1. The van der Waals surface area contributed by atoms with Crippen molar-refractivity contribution in [2.24, 2.45) is 0 Å². The molecule has 0 saturated carbocycles. The van der Waals surface area contributed by atoms with E-state index in [9.17, 15) is 4.79 Å². The number of hydroxylamine groups is 2. The van der Waals surface area contributed by atoms with E-state index in [1.807, 2.05) is 67.6 Å². The smallest absolute Gasteiger partial charge is 0.434 e. The van der Waals surface area contributed by atoms with Crippen molar-refractivity contribution in [2.75, 3.05) is 6.61 Å². The molecule has 1 amide bonds. The number of hydrogen-bond acceptors (Lipinski definition) is 3. The lowest BCUT2D eigenvalue weighted by Gasteiger charge is -2.24. The van der Waals surface area contributed by atoms with Crippen molar-refractivity contribution in [2.45, 2.75) is 25.5 Å². The van der Waals surface area contributed by atoms with Gasteiger partial charge in [-0.05, 0) is 24.5 Å². The zero-order chi connectivity index (χ0) is 15.4. The SMILES string of the molecule is CC(ON1C(=O)OCC1Cc1ccccc1)c1ccccc1. The van der Waals surface area contributed by atoms with Crippen LogP contribution in [0.4, 0.5) is 4.79 Å². The number of hydrogen-bond donors (Lipinski definition) is 0. The third-order valence-corrected chi connectivity index (χ3v) is 3.77. The van der Waals surface area contributed by atoms with Crippen molar-refractivity contribution in [1.29, 1.82) is 0 Å². The number of amides is 1. The van der Waals surface area contributed by atoms with Gasteiger partial charge in [0.25, 0.3) is 0 Å². The second-order valence-electron chi connectivity index (χ2n) is 5.40. The first-order valence-corrected chi connectivity index (χ1v) is 7.45. The molecule has 0 aliphatic carbocycles. The minimum atomic E-state index is -0.413.